The number of aryl methyl sites for hydroxylation is 1. The van der Waals surface area contributed by atoms with E-state index in [-0.39, 0.29) is 5.91 Å². The summed E-state index contributed by atoms with van der Waals surface area (Å²) in [6.45, 7) is 3.62. The van der Waals surface area contributed by atoms with Crippen LogP contribution in [-0.4, -0.2) is 43.8 Å². The van der Waals surface area contributed by atoms with Gasteiger partial charge in [0.05, 0.1) is 12.2 Å². The van der Waals surface area contributed by atoms with Gasteiger partial charge in [-0.05, 0) is 49.1 Å². The van der Waals surface area contributed by atoms with Gasteiger partial charge in [-0.2, -0.15) is 0 Å². The summed E-state index contributed by atoms with van der Waals surface area (Å²) >= 11 is 0. The van der Waals surface area contributed by atoms with Crippen LogP contribution in [-0.2, 0) is 24.2 Å². The lowest BCUT2D eigenvalue weighted by Gasteiger charge is -2.28. The maximum atomic E-state index is 11.8. The molecule has 1 aliphatic rings. The van der Waals surface area contributed by atoms with Crippen LogP contribution in [0.25, 0.3) is 11.5 Å². The molecule has 0 aromatic carbocycles. The number of hydrogen-bond acceptors (Lipinski definition) is 6. The maximum absolute atomic E-state index is 11.8. The molecule has 0 bridgehead atoms. The minimum Gasteiger partial charge on any atom is -0.370 e. The van der Waals surface area contributed by atoms with E-state index >= 15 is 0 Å². The topological polar surface area (TPSA) is 83.9 Å². The van der Waals surface area contributed by atoms with Crippen molar-refractivity contribution in [3.8, 4) is 11.5 Å². The lowest BCUT2D eigenvalue weighted by Crippen LogP contribution is -2.35. The van der Waals surface area contributed by atoms with Gasteiger partial charge in [-0.25, -0.2) is 9.97 Å². The van der Waals surface area contributed by atoms with Crippen molar-refractivity contribution in [3.63, 3.8) is 0 Å². The summed E-state index contributed by atoms with van der Waals surface area (Å²) in [5.74, 6) is 1.51. The Hall–Kier alpha value is -3.35. The molecule has 7 heteroatoms. The molecule has 0 spiro atoms. The number of anilines is 1. The SMILES string of the molecule is CC(=O)N1CCc2c(nc(-c3ccccn3)nc2NCCCc2ccncc2)C1. The molecule has 148 valence electrons. The summed E-state index contributed by atoms with van der Waals surface area (Å²) in [4.78, 5) is 31.6. The van der Waals surface area contributed by atoms with Crippen LogP contribution in [0.4, 0.5) is 5.82 Å². The molecule has 0 aliphatic carbocycles. The highest BCUT2D eigenvalue weighted by atomic mass is 16.2. The smallest absolute Gasteiger partial charge is 0.219 e. The van der Waals surface area contributed by atoms with E-state index in [0.717, 1.165) is 48.6 Å². The molecule has 1 amide bonds. The largest absolute Gasteiger partial charge is 0.370 e. The highest BCUT2D eigenvalue weighted by Crippen LogP contribution is 2.26. The third-order valence-electron chi connectivity index (χ3n) is 5.09. The number of pyridine rings is 2. The molecular formula is C22H24N6O. The monoisotopic (exact) mass is 388 g/mol. The first kappa shape index (κ1) is 19.0. The number of carbonyl (C=O) groups is 1. The second kappa shape index (κ2) is 8.77. The van der Waals surface area contributed by atoms with E-state index in [4.69, 9.17) is 9.97 Å². The molecular weight excluding hydrogens is 364 g/mol. The molecule has 0 radical (unpaired) electrons. The van der Waals surface area contributed by atoms with Crippen LogP contribution in [0.2, 0.25) is 0 Å². The lowest BCUT2D eigenvalue weighted by atomic mass is 10.0. The van der Waals surface area contributed by atoms with Gasteiger partial charge in [0.1, 0.15) is 11.5 Å². The van der Waals surface area contributed by atoms with Crippen LogP contribution in [0, 0.1) is 0 Å². The van der Waals surface area contributed by atoms with Crippen LogP contribution >= 0.6 is 0 Å². The molecule has 1 aliphatic heterocycles. The maximum Gasteiger partial charge on any atom is 0.219 e. The van der Waals surface area contributed by atoms with Crippen LogP contribution in [0.5, 0.6) is 0 Å². The Morgan fingerprint density at radius 2 is 2.00 bits per heavy atom. The van der Waals surface area contributed by atoms with Gasteiger partial charge in [0.25, 0.3) is 0 Å². The first-order valence-electron chi connectivity index (χ1n) is 9.90. The summed E-state index contributed by atoms with van der Waals surface area (Å²) in [6.07, 6.45) is 8.11. The highest BCUT2D eigenvalue weighted by Gasteiger charge is 2.24. The Morgan fingerprint density at radius 3 is 2.76 bits per heavy atom. The number of nitrogens with zero attached hydrogens (tertiary/aromatic N) is 5. The Kier molecular flexibility index (Phi) is 5.74. The summed E-state index contributed by atoms with van der Waals surface area (Å²) in [6, 6.07) is 9.79. The fourth-order valence-electron chi connectivity index (χ4n) is 3.50. The third-order valence-corrected chi connectivity index (χ3v) is 5.09. The average molecular weight is 388 g/mol. The number of nitrogens with one attached hydrogen (secondary N) is 1. The van der Waals surface area contributed by atoms with Crippen LogP contribution < -0.4 is 5.32 Å². The van der Waals surface area contributed by atoms with E-state index in [0.29, 0.717) is 18.9 Å². The normalized spacial score (nSPS) is 13.1. The molecule has 3 aromatic heterocycles. The minimum absolute atomic E-state index is 0.0699. The fourth-order valence-corrected chi connectivity index (χ4v) is 3.50. The van der Waals surface area contributed by atoms with Crippen LogP contribution in [0.15, 0.2) is 48.9 Å². The van der Waals surface area contributed by atoms with Crippen LogP contribution in [0.1, 0.15) is 30.2 Å². The van der Waals surface area contributed by atoms with Gasteiger partial charge in [-0.3, -0.25) is 14.8 Å². The van der Waals surface area contributed by atoms with E-state index in [9.17, 15) is 4.79 Å². The van der Waals surface area contributed by atoms with Crippen molar-refractivity contribution in [3.05, 3.63) is 65.7 Å². The van der Waals surface area contributed by atoms with E-state index in [1.807, 2.05) is 47.6 Å². The van der Waals surface area contributed by atoms with Gasteiger partial charge < -0.3 is 10.2 Å². The number of amides is 1. The van der Waals surface area contributed by atoms with Crippen molar-refractivity contribution in [2.45, 2.75) is 32.7 Å². The van der Waals surface area contributed by atoms with E-state index in [1.54, 1.807) is 13.1 Å². The van der Waals surface area contributed by atoms with E-state index < -0.39 is 0 Å². The molecule has 0 atom stereocenters. The Bertz CT molecular complexity index is 977. The van der Waals surface area contributed by atoms with Crippen molar-refractivity contribution in [2.24, 2.45) is 0 Å². The molecule has 0 saturated carbocycles. The van der Waals surface area contributed by atoms with Gasteiger partial charge >= 0.3 is 0 Å². The van der Waals surface area contributed by atoms with Crippen molar-refractivity contribution < 1.29 is 4.79 Å². The van der Waals surface area contributed by atoms with Crippen molar-refractivity contribution in [1.82, 2.24) is 24.8 Å². The van der Waals surface area contributed by atoms with Crippen LogP contribution in [0.3, 0.4) is 0 Å². The predicted molar refractivity (Wildman–Crippen MR) is 111 cm³/mol. The zero-order chi connectivity index (χ0) is 20.1. The molecule has 4 heterocycles. The van der Waals surface area contributed by atoms with Crippen molar-refractivity contribution in [2.75, 3.05) is 18.4 Å². The lowest BCUT2D eigenvalue weighted by molar-refractivity contribution is -0.129. The van der Waals surface area contributed by atoms with Crippen molar-refractivity contribution >= 4 is 11.7 Å². The molecule has 29 heavy (non-hydrogen) atoms. The summed E-state index contributed by atoms with van der Waals surface area (Å²) in [5, 5.41) is 3.50. The molecule has 1 N–H and O–H groups in total. The first-order valence-corrected chi connectivity index (χ1v) is 9.90. The second-order valence-electron chi connectivity index (χ2n) is 7.11. The summed E-state index contributed by atoms with van der Waals surface area (Å²) < 4.78 is 0. The fraction of sp³-hybridized carbons (Fsp3) is 0.318. The number of aromatic nitrogens is 4. The molecule has 0 saturated heterocycles. The van der Waals surface area contributed by atoms with Gasteiger partial charge in [0.15, 0.2) is 5.82 Å². The molecule has 0 unspecified atom stereocenters. The quantitative estimate of drug-likeness (QED) is 0.654. The number of carbonyl (C=O) groups excluding carboxylic acids is 1. The zero-order valence-electron chi connectivity index (χ0n) is 16.5. The standard InChI is InChI=1S/C22H24N6O/c1-16(29)28-14-9-18-20(15-28)26-22(19-6-2-3-10-24-19)27-21(18)25-11-4-5-17-7-12-23-13-8-17/h2-3,6-8,10,12-13H,4-5,9,11,14-15H2,1H3,(H,25,26,27). The number of fused-ring (bicyclic) bond motifs is 1. The second-order valence-corrected chi connectivity index (χ2v) is 7.11. The third kappa shape index (κ3) is 4.56. The van der Waals surface area contributed by atoms with E-state index in [1.165, 1.54) is 5.56 Å². The number of hydrogen-bond donors (Lipinski definition) is 1. The molecule has 4 rings (SSSR count). The van der Waals surface area contributed by atoms with Gasteiger partial charge in [-0.1, -0.05) is 6.07 Å². The Labute approximate surface area is 170 Å². The first-order chi connectivity index (χ1) is 14.2. The Morgan fingerprint density at radius 1 is 1.14 bits per heavy atom. The van der Waals surface area contributed by atoms with Gasteiger partial charge in [0.2, 0.25) is 5.91 Å². The summed E-state index contributed by atoms with van der Waals surface area (Å²) in [7, 11) is 0. The minimum atomic E-state index is 0.0699. The molecule has 7 nitrogen and oxygen atoms in total. The average Bonchev–Trinajstić information content (AvgIpc) is 2.77. The Balaban J connectivity index is 1.55. The predicted octanol–water partition coefficient (Wildman–Crippen LogP) is 2.88. The molecule has 3 aromatic rings. The van der Waals surface area contributed by atoms with Gasteiger partial charge in [-0.15, -0.1) is 0 Å². The number of rotatable bonds is 6. The zero-order valence-corrected chi connectivity index (χ0v) is 16.5. The molecule has 0 fully saturated rings. The van der Waals surface area contributed by atoms with Crippen molar-refractivity contribution in [1.29, 1.82) is 0 Å². The van der Waals surface area contributed by atoms with E-state index in [2.05, 4.69) is 15.3 Å². The summed E-state index contributed by atoms with van der Waals surface area (Å²) in [5.41, 5.74) is 4.01. The highest BCUT2D eigenvalue weighted by molar-refractivity contribution is 5.74. The van der Waals surface area contributed by atoms with Gasteiger partial charge in [0, 0.05) is 44.2 Å².